The van der Waals surface area contributed by atoms with Crippen LogP contribution in [0.15, 0.2) is 54.6 Å². The molecule has 1 saturated heterocycles. The van der Waals surface area contributed by atoms with E-state index in [-0.39, 0.29) is 11.9 Å². The van der Waals surface area contributed by atoms with Crippen LogP contribution in [0.5, 0.6) is 0 Å². The van der Waals surface area contributed by atoms with Crippen molar-refractivity contribution >= 4 is 0 Å². The van der Waals surface area contributed by atoms with Crippen LogP contribution in [0.25, 0.3) is 0 Å². The van der Waals surface area contributed by atoms with Gasteiger partial charge in [-0.1, -0.05) is 42.5 Å². The maximum absolute atomic E-state index is 13.0. The van der Waals surface area contributed by atoms with Crippen LogP contribution in [-0.4, -0.2) is 13.1 Å². The minimum Gasteiger partial charge on any atom is -0.369 e. The molecular formula is C19H22FNO. The molecule has 22 heavy (non-hydrogen) atoms. The van der Waals surface area contributed by atoms with E-state index in [0.717, 1.165) is 18.7 Å². The Labute approximate surface area is 131 Å². The molecule has 1 aliphatic rings. The highest BCUT2D eigenvalue weighted by molar-refractivity contribution is 5.19. The summed E-state index contributed by atoms with van der Waals surface area (Å²) in [5.74, 6) is 0.274. The largest absolute Gasteiger partial charge is 0.369 e. The summed E-state index contributed by atoms with van der Waals surface area (Å²) >= 11 is 0. The molecule has 3 heteroatoms. The van der Waals surface area contributed by atoms with Crippen LogP contribution in [0, 0.1) is 11.7 Å². The minimum atomic E-state index is -0.208. The van der Waals surface area contributed by atoms with Gasteiger partial charge in [0.25, 0.3) is 0 Å². The second kappa shape index (κ2) is 7.52. The summed E-state index contributed by atoms with van der Waals surface area (Å²) in [7, 11) is 0. The number of rotatable bonds is 5. The number of ether oxygens (including phenoxy) is 1. The van der Waals surface area contributed by atoms with Crippen LogP contribution < -0.4 is 5.32 Å². The number of nitrogens with one attached hydrogen (secondary N) is 1. The van der Waals surface area contributed by atoms with Gasteiger partial charge in [-0.15, -0.1) is 0 Å². The fourth-order valence-corrected chi connectivity index (χ4v) is 3.05. The summed E-state index contributed by atoms with van der Waals surface area (Å²) in [4.78, 5) is 0. The maximum atomic E-state index is 13.0. The lowest BCUT2D eigenvalue weighted by molar-refractivity contribution is -0.00813. The van der Waals surface area contributed by atoms with E-state index in [1.807, 2.05) is 6.07 Å². The lowest BCUT2D eigenvalue weighted by Gasteiger charge is -2.31. The van der Waals surface area contributed by atoms with E-state index in [1.54, 1.807) is 12.1 Å². The number of hydrogen-bond acceptors (Lipinski definition) is 2. The van der Waals surface area contributed by atoms with Gasteiger partial charge in [-0.2, -0.15) is 0 Å². The molecule has 0 amide bonds. The number of hydrogen-bond donors (Lipinski definition) is 1. The van der Waals surface area contributed by atoms with Crippen molar-refractivity contribution < 1.29 is 9.13 Å². The van der Waals surface area contributed by atoms with Crippen LogP contribution in [-0.2, 0) is 11.3 Å². The van der Waals surface area contributed by atoms with Crippen LogP contribution in [0.4, 0.5) is 4.39 Å². The Morgan fingerprint density at radius 3 is 2.55 bits per heavy atom. The fourth-order valence-electron chi connectivity index (χ4n) is 3.05. The van der Waals surface area contributed by atoms with Gasteiger partial charge in [0.05, 0.1) is 12.7 Å². The van der Waals surface area contributed by atoms with Crippen molar-refractivity contribution in [2.75, 3.05) is 13.1 Å². The Morgan fingerprint density at radius 1 is 1.09 bits per heavy atom. The first-order valence-corrected chi connectivity index (χ1v) is 7.94. The molecule has 1 N–H and O–H groups in total. The van der Waals surface area contributed by atoms with E-state index >= 15 is 0 Å². The molecular weight excluding hydrogens is 277 g/mol. The number of benzene rings is 2. The first kappa shape index (κ1) is 15.2. The van der Waals surface area contributed by atoms with Gasteiger partial charge in [-0.05, 0) is 42.6 Å². The van der Waals surface area contributed by atoms with Crippen molar-refractivity contribution in [3.05, 3.63) is 71.5 Å². The number of halogens is 1. The van der Waals surface area contributed by atoms with Crippen molar-refractivity contribution in [3.63, 3.8) is 0 Å². The SMILES string of the molecule is Fc1ccc(COC(c2ccccc2)C2CCCNC2)cc1. The molecule has 2 atom stereocenters. The van der Waals surface area contributed by atoms with E-state index < -0.39 is 0 Å². The van der Waals surface area contributed by atoms with Crippen LogP contribution >= 0.6 is 0 Å². The Bertz CT molecular complexity index is 564. The lowest BCUT2D eigenvalue weighted by atomic mass is 9.89. The molecule has 1 fully saturated rings. The average Bonchev–Trinajstić information content (AvgIpc) is 2.59. The van der Waals surface area contributed by atoms with Crippen LogP contribution in [0.2, 0.25) is 0 Å². The summed E-state index contributed by atoms with van der Waals surface area (Å²) in [6.07, 6.45) is 2.45. The fraction of sp³-hybridized carbons (Fsp3) is 0.368. The molecule has 0 radical (unpaired) electrons. The highest BCUT2D eigenvalue weighted by atomic mass is 19.1. The smallest absolute Gasteiger partial charge is 0.123 e. The topological polar surface area (TPSA) is 21.3 Å². The van der Waals surface area contributed by atoms with Gasteiger partial charge in [0.2, 0.25) is 0 Å². The number of piperidine rings is 1. The minimum absolute atomic E-state index is 0.0825. The highest BCUT2D eigenvalue weighted by Crippen LogP contribution is 2.31. The zero-order chi connectivity index (χ0) is 15.2. The predicted octanol–water partition coefficient (Wildman–Crippen LogP) is 4.08. The third kappa shape index (κ3) is 3.93. The first-order valence-electron chi connectivity index (χ1n) is 7.94. The van der Waals surface area contributed by atoms with Gasteiger partial charge in [-0.3, -0.25) is 0 Å². The van der Waals surface area contributed by atoms with Gasteiger partial charge in [0.15, 0.2) is 0 Å². The van der Waals surface area contributed by atoms with Gasteiger partial charge >= 0.3 is 0 Å². The van der Waals surface area contributed by atoms with E-state index in [1.165, 1.54) is 30.5 Å². The average molecular weight is 299 g/mol. The molecule has 116 valence electrons. The van der Waals surface area contributed by atoms with Crippen LogP contribution in [0.3, 0.4) is 0 Å². The van der Waals surface area contributed by atoms with Gasteiger partial charge < -0.3 is 10.1 Å². The standard InChI is InChI=1S/C19H22FNO/c20-18-10-8-15(9-11-18)14-22-19(16-5-2-1-3-6-16)17-7-4-12-21-13-17/h1-3,5-6,8-11,17,19,21H,4,7,12-14H2. The summed E-state index contributed by atoms with van der Waals surface area (Å²) in [5, 5.41) is 3.46. The Hall–Kier alpha value is -1.71. The summed E-state index contributed by atoms with van der Waals surface area (Å²) in [5.41, 5.74) is 2.23. The Morgan fingerprint density at radius 2 is 1.86 bits per heavy atom. The maximum Gasteiger partial charge on any atom is 0.123 e. The summed E-state index contributed by atoms with van der Waals surface area (Å²) in [6, 6.07) is 16.9. The van der Waals surface area contributed by atoms with Gasteiger partial charge in [0.1, 0.15) is 5.82 Å². The first-order chi connectivity index (χ1) is 10.8. The van der Waals surface area contributed by atoms with E-state index in [2.05, 4.69) is 29.6 Å². The third-order valence-corrected chi connectivity index (χ3v) is 4.23. The molecule has 0 aromatic heterocycles. The van der Waals surface area contributed by atoms with Crippen LogP contribution in [0.1, 0.15) is 30.1 Å². The van der Waals surface area contributed by atoms with Crippen molar-refractivity contribution in [3.8, 4) is 0 Å². The molecule has 0 bridgehead atoms. The van der Waals surface area contributed by atoms with Crippen molar-refractivity contribution in [2.24, 2.45) is 5.92 Å². The molecule has 3 rings (SSSR count). The Kier molecular flexibility index (Phi) is 5.20. The molecule has 2 nitrogen and oxygen atoms in total. The van der Waals surface area contributed by atoms with Crippen molar-refractivity contribution in [2.45, 2.75) is 25.6 Å². The molecule has 1 aliphatic heterocycles. The van der Waals surface area contributed by atoms with Gasteiger partial charge in [-0.25, -0.2) is 4.39 Å². The van der Waals surface area contributed by atoms with E-state index in [4.69, 9.17) is 4.74 Å². The predicted molar refractivity (Wildman–Crippen MR) is 86.0 cm³/mol. The van der Waals surface area contributed by atoms with Crippen molar-refractivity contribution in [1.29, 1.82) is 0 Å². The summed E-state index contributed by atoms with van der Waals surface area (Å²) in [6.45, 7) is 2.59. The second-order valence-corrected chi connectivity index (χ2v) is 5.88. The molecule has 2 aromatic carbocycles. The zero-order valence-corrected chi connectivity index (χ0v) is 12.7. The van der Waals surface area contributed by atoms with E-state index in [0.29, 0.717) is 12.5 Å². The monoisotopic (exact) mass is 299 g/mol. The lowest BCUT2D eigenvalue weighted by Crippen LogP contribution is -2.34. The molecule has 0 saturated carbocycles. The van der Waals surface area contributed by atoms with E-state index in [9.17, 15) is 4.39 Å². The normalized spacial score (nSPS) is 19.8. The molecule has 2 unspecified atom stereocenters. The highest BCUT2D eigenvalue weighted by Gasteiger charge is 2.25. The summed E-state index contributed by atoms with van der Waals surface area (Å²) < 4.78 is 19.2. The van der Waals surface area contributed by atoms with Gasteiger partial charge in [0, 0.05) is 12.5 Å². The third-order valence-electron chi connectivity index (χ3n) is 4.23. The zero-order valence-electron chi connectivity index (χ0n) is 12.7. The molecule has 1 heterocycles. The second-order valence-electron chi connectivity index (χ2n) is 5.88. The Balaban J connectivity index is 1.72. The quantitative estimate of drug-likeness (QED) is 0.898. The molecule has 2 aromatic rings. The molecule has 0 spiro atoms. The molecule has 0 aliphatic carbocycles. The van der Waals surface area contributed by atoms with Crippen molar-refractivity contribution in [1.82, 2.24) is 5.32 Å².